The molecule has 6 heteroatoms. The van der Waals surface area contributed by atoms with Crippen molar-refractivity contribution in [1.82, 2.24) is 0 Å². The number of halogens is 2. The number of aliphatic carboxylic acids is 1. The van der Waals surface area contributed by atoms with Crippen molar-refractivity contribution < 1.29 is 14.6 Å². The molecule has 0 aliphatic carbocycles. The van der Waals surface area contributed by atoms with Crippen molar-refractivity contribution in [1.29, 1.82) is 0 Å². The summed E-state index contributed by atoms with van der Waals surface area (Å²) < 4.78 is 5.63. The fourth-order valence-corrected chi connectivity index (χ4v) is 2.17. The van der Waals surface area contributed by atoms with Crippen LogP contribution in [0.1, 0.15) is 5.56 Å². The number of rotatable bonds is 5. The number of benzene rings is 2. The quantitative estimate of drug-likeness (QED) is 0.878. The van der Waals surface area contributed by atoms with Crippen LogP contribution in [0.3, 0.4) is 0 Å². The zero-order valence-corrected chi connectivity index (χ0v) is 12.4. The first-order chi connectivity index (χ1) is 9.95. The van der Waals surface area contributed by atoms with Crippen LogP contribution < -0.4 is 10.5 Å². The maximum Gasteiger partial charge on any atom is 0.320 e. The average molecular weight is 326 g/mol. The van der Waals surface area contributed by atoms with Gasteiger partial charge in [0, 0.05) is 5.02 Å². The molecule has 1 unspecified atom stereocenters. The molecule has 0 heterocycles. The van der Waals surface area contributed by atoms with E-state index in [0.29, 0.717) is 21.5 Å². The molecule has 0 amide bonds. The smallest absolute Gasteiger partial charge is 0.320 e. The van der Waals surface area contributed by atoms with E-state index in [-0.39, 0.29) is 6.42 Å². The van der Waals surface area contributed by atoms with E-state index in [9.17, 15) is 4.79 Å². The summed E-state index contributed by atoms with van der Waals surface area (Å²) in [5.41, 5.74) is 6.30. The van der Waals surface area contributed by atoms with Gasteiger partial charge in [0.25, 0.3) is 0 Å². The minimum absolute atomic E-state index is 0.261. The van der Waals surface area contributed by atoms with Gasteiger partial charge in [-0.1, -0.05) is 35.3 Å². The van der Waals surface area contributed by atoms with Crippen molar-refractivity contribution >= 4 is 29.2 Å². The van der Waals surface area contributed by atoms with Crippen LogP contribution in [0.4, 0.5) is 0 Å². The molecule has 110 valence electrons. The second kappa shape index (κ2) is 6.80. The van der Waals surface area contributed by atoms with E-state index < -0.39 is 12.0 Å². The van der Waals surface area contributed by atoms with Crippen LogP contribution in [0.2, 0.25) is 10.0 Å². The average Bonchev–Trinajstić information content (AvgIpc) is 2.43. The summed E-state index contributed by atoms with van der Waals surface area (Å²) in [6.07, 6.45) is 0.261. The molecule has 2 aromatic rings. The lowest BCUT2D eigenvalue weighted by atomic mass is 10.1. The fourth-order valence-electron chi connectivity index (χ4n) is 1.72. The molecule has 0 aliphatic heterocycles. The summed E-state index contributed by atoms with van der Waals surface area (Å²) in [4.78, 5) is 10.7. The third-order valence-corrected chi connectivity index (χ3v) is 3.35. The van der Waals surface area contributed by atoms with Crippen LogP contribution in [-0.2, 0) is 11.2 Å². The van der Waals surface area contributed by atoms with Gasteiger partial charge in [-0.2, -0.15) is 0 Å². The highest BCUT2D eigenvalue weighted by atomic mass is 35.5. The van der Waals surface area contributed by atoms with Crippen molar-refractivity contribution in [2.45, 2.75) is 12.5 Å². The van der Waals surface area contributed by atoms with E-state index in [1.54, 1.807) is 42.5 Å². The van der Waals surface area contributed by atoms with Gasteiger partial charge >= 0.3 is 5.97 Å². The zero-order chi connectivity index (χ0) is 15.4. The first kappa shape index (κ1) is 15.6. The molecule has 0 aromatic heterocycles. The van der Waals surface area contributed by atoms with Crippen molar-refractivity contribution in [2.24, 2.45) is 5.73 Å². The van der Waals surface area contributed by atoms with Crippen LogP contribution in [0.5, 0.6) is 11.5 Å². The Labute approximate surface area is 132 Å². The predicted octanol–water partition coefficient (Wildman–Crippen LogP) is 3.74. The van der Waals surface area contributed by atoms with Gasteiger partial charge < -0.3 is 15.6 Å². The third-order valence-electron chi connectivity index (χ3n) is 2.82. The van der Waals surface area contributed by atoms with Crippen molar-refractivity contribution in [3.05, 3.63) is 58.1 Å². The second-order valence-electron chi connectivity index (χ2n) is 4.47. The molecule has 0 bridgehead atoms. The Kier molecular flexibility index (Phi) is 5.07. The summed E-state index contributed by atoms with van der Waals surface area (Å²) in [7, 11) is 0. The SMILES string of the molecule is NC(Cc1ccc(Oc2ccc(Cl)cc2Cl)cc1)C(=O)O. The number of nitrogens with two attached hydrogens (primary N) is 1. The van der Waals surface area contributed by atoms with Crippen LogP contribution in [0.15, 0.2) is 42.5 Å². The first-order valence-corrected chi connectivity index (χ1v) is 6.91. The molecule has 0 radical (unpaired) electrons. The molecule has 0 saturated carbocycles. The second-order valence-corrected chi connectivity index (χ2v) is 5.31. The zero-order valence-electron chi connectivity index (χ0n) is 10.9. The van der Waals surface area contributed by atoms with Gasteiger partial charge in [-0.3, -0.25) is 4.79 Å². The Morgan fingerprint density at radius 1 is 1.19 bits per heavy atom. The van der Waals surface area contributed by atoms with Crippen LogP contribution in [0.25, 0.3) is 0 Å². The molecule has 21 heavy (non-hydrogen) atoms. The highest BCUT2D eigenvalue weighted by Crippen LogP contribution is 2.31. The van der Waals surface area contributed by atoms with Crippen molar-refractivity contribution in [3.63, 3.8) is 0 Å². The molecule has 0 saturated heterocycles. The molecule has 1 atom stereocenters. The number of carboxylic acid groups (broad SMARTS) is 1. The maximum atomic E-state index is 10.7. The topological polar surface area (TPSA) is 72.5 Å². The summed E-state index contributed by atoms with van der Waals surface area (Å²) in [5, 5.41) is 9.72. The van der Waals surface area contributed by atoms with Gasteiger partial charge in [0.2, 0.25) is 0 Å². The lowest BCUT2D eigenvalue weighted by Crippen LogP contribution is -2.32. The molecule has 4 nitrogen and oxygen atoms in total. The van der Waals surface area contributed by atoms with Crippen LogP contribution in [0, 0.1) is 0 Å². The van der Waals surface area contributed by atoms with E-state index in [1.165, 1.54) is 0 Å². The minimum Gasteiger partial charge on any atom is -0.480 e. The number of carbonyl (C=O) groups is 1. The summed E-state index contributed by atoms with van der Waals surface area (Å²) in [6.45, 7) is 0. The molecule has 3 N–H and O–H groups in total. The molecule has 2 aromatic carbocycles. The molecular weight excluding hydrogens is 313 g/mol. The van der Waals surface area contributed by atoms with Crippen LogP contribution >= 0.6 is 23.2 Å². The van der Waals surface area contributed by atoms with Gasteiger partial charge in [0.05, 0.1) is 5.02 Å². The highest BCUT2D eigenvalue weighted by Gasteiger charge is 2.12. The van der Waals surface area contributed by atoms with Gasteiger partial charge in [-0.15, -0.1) is 0 Å². The van der Waals surface area contributed by atoms with E-state index in [1.807, 2.05) is 0 Å². The van der Waals surface area contributed by atoms with Crippen molar-refractivity contribution in [3.8, 4) is 11.5 Å². The Balaban J connectivity index is 2.07. The minimum atomic E-state index is -1.02. The van der Waals surface area contributed by atoms with E-state index in [4.69, 9.17) is 38.8 Å². The Morgan fingerprint density at radius 2 is 1.86 bits per heavy atom. The van der Waals surface area contributed by atoms with Crippen LogP contribution in [-0.4, -0.2) is 17.1 Å². The van der Waals surface area contributed by atoms with Gasteiger partial charge in [0.1, 0.15) is 17.5 Å². The fraction of sp³-hybridized carbons (Fsp3) is 0.133. The maximum absolute atomic E-state index is 10.7. The molecule has 0 spiro atoms. The number of hydrogen-bond acceptors (Lipinski definition) is 3. The molecule has 0 aliphatic rings. The summed E-state index contributed by atoms with van der Waals surface area (Å²) in [6, 6.07) is 11.0. The standard InChI is InChI=1S/C15H13Cl2NO3/c16-10-3-6-14(12(17)8-10)21-11-4-1-9(2-5-11)7-13(18)15(19)20/h1-6,8,13H,7,18H2,(H,19,20). The monoisotopic (exact) mass is 325 g/mol. The predicted molar refractivity (Wildman–Crippen MR) is 82.3 cm³/mol. The number of hydrogen-bond donors (Lipinski definition) is 2. The highest BCUT2D eigenvalue weighted by molar-refractivity contribution is 6.35. The third kappa shape index (κ3) is 4.36. The van der Waals surface area contributed by atoms with Gasteiger partial charge in [-0.05, 0) is 42.3 Å². The lowest BCUT2D eigenvalue weighted by molar-refractivity contribution is -0.138. The normalized spacial score (nSPS) is 12.0. The Morgan fingerprint density at radius 3 is 2.43 bits per heavy atom. The summed E-state index contributed by atoms with van der Waals surface area (Å²) in [5.74, 6) is 0.0613. The summed E-state index contributed by atoms with van der Waals surface area (Å²) >= 11 is 11.8. The molecule has 2 rings (SSSR count). The molecular formula is C15H13Cl2NO3. The first-order valence-electron chi connectivity index (χ1n) is 6.16. The largest absolute Gasteiger partial charge is 0.480 e. The lowest BCUT2D eigenvalue weighted by Gasteiger charge is -2.10. The van der Waals surface area contributed by atoms with Crippen molar-refractivity contribution in [2.75, 3.05) is 0 Å². The molecule has 0 fully saturated rings. The van der Waals surface area contributed by atoms with E-state index in [0.717, 1.165) is 5.56 Å². The van der Waals surface area contributed by atoms with E-state index >= 15 is 0 Å². The Hall–Kier alpha value is -1.75. The number of carboxylic acids is 1. The van der Waals surface area contributed by atoms with Gasteiger partial charge in [-0.25, -0.2) is 0 Å². The number of ether oxygens (including phenoxy) is 1. The Bertz CT molecular complexity index is 644. The van der Waals surface area contributed by atoms with Gasteiger partial charge in [0.15, 0.2) is 0 Å². The van der Waals surface area contributed by atoms with E-state index in [2.05, 4.69) is 0 Å².